The van der Waals surface area contributed by atoms with Crippen LogP contribution in [0.5, 0.6) is 5.75 Å². The first kappa shape index (κ1) is 19.3. The predicted molar refractivity (Wildman–Crippen MR) is 109 cm³/mol. The minimum atomic E-state index is -0.508. The predicted octanol–water partition coefficient (Wildman–Crippen LogP) is 4.89. The standard InChI is InChI=1S/C20H14BrN3O4S/c21-15-5-1-3-13(7-15)19-23-18(28-24-19)10-27-20(25)14-4-2-6-17(8-14)26-9-16-11-29-12-22-16/h1-8,11-12H,9-10H2. The molecule has 0 bridgehead atoms. The number of esters is 1. The molecule has 0 N–H and O–H groups in total. The summed E-state index contributed by atoms with van der Waals surface area (Å²) in [4.78, 5) is 20.8. The lowest BCUT2D eigenvalue weighted by Crippen LogP contribution is -2.06. The van der Waals surface area contributed by atoms with Crippen LogP contribution in [0.2, 0.25) is 0 Å². The normalized spacial score (nSPS) is 10.7. The molecule has 0 fully saturated rings. The van der Waals surface area contributed by atoms with Gasteiger partial charge in [0.05, 0.1) is 16.8 Å². The number of ether oxygens (including phenoxy) is 2. The molecule has 0 unspecified atom stereocenters. The van der Waals surface area contributed by atoms with E-state index >= 15 is 0 Å². The third-order valence-corrected chi connectivity index (χ3v) is 4.95. The molecule has 0 atom stereocenters. The van der Waals surface area contributed by atoms with Crippen LogP contribution in [-0.4, -0.2) is 21.1 Å². The number of hydrogen-bond donors (Lipinski definition) is 0. The Morgan fingerprint density at radius 2 is 2.03 bits per heavy atom. The van der Waals surface area contributed by atoms with E-state index in [0.717, 1.165) is 15.7 Å². The molecule has 0 aliphatic heterocycles. The lowest BCUT2D eigenvalue weighted by molar-refractivity contribution is 0.0429. The van der Waals surface area contributed by atoms with Crippen molar-refractivity contribution < 1.29 is 18.8 Å². The van der Waals surface area contributed by atoms with Crippen molar-refractivity contribution in [1.29, 1.82) is 0 Å². The third-order valence-electron chi connectivity index (χ3n) is 3.82. The van der Waals surface area contributed by atoms with Gasteiger partial charge in [0, 0.05) is 15.4 Å². The van der Waals surface area contributed by atoms with E-state index < -0.39 is 5.97 Å². The van der Waals surface area contributed by atoms with E-state index in [9.17, 15) is 4.79 Å². The van der Waals surface area contributed by atoms with Gasteiger partial charge in [0.25, 0.3) is 5.89 Å². The zero-order chi connectivity index (χ0) is 20.1. The summed E-state index contributed by atoms with van der Waals surface area (Å²) >= 11 is 4.90. The van der Waals surface area contributed by atoms with E-state index in [1.807, 2.05) is 29.6 Å². The Kier molecular flexibility index (Phi) is 5.97. The monoisotopic (exact) mass is 471 g/mol. The van der Waals surface area contributed by atoms with Gasteiger partial charge in [0.15, 0.2) is 6.61 Å². The van der Waals surface area contributed by atoms with Crippen LogP contribution in [0, 0.1) is 0 Å². The maximum atomic E-state index is 12.3. The maximum Gasteiger partial charge on any atom is 0.338 e. The molecule has 0 amide bonds. The molecule has 0 saturated heterocycles. The van der Waals surface area contributed by atoms with Crippen molar-refractivity contribution in [1.82, 2.24) is 15.1 Å². The van der Waals surface area contributed by atoms with Gasteiger partial charge < -0.3 is 14.0 Å². The molecule has 0 radical (unpaired) electrons. The fraction of sp³-hybridized carbons (Fsp3) is 0.100. The van der Waals surface area contributed by atoms with E-state index in [4.69, 9.17) is 14.0 Å². The van der Waals surface area contributed by atoms with Gasteiger partial charge in [0.1, 0.15) is 12.4 Å². The van der Waals surface area contributed by atoms with Crippen molar-refractivity contribution in [3.8, 4) is 17.1 Å². The molecule has 4 aromatic rings. The van der Waals surface area contributed by atoms with Gasteiger partial charge >= 0.3 is 5.97 Å². The van der Waals surface area contributed by atoms with Crippen molar-refractivity contribution in [2.45, 2.75) is 13.2 Å². The summed E-state index contributed by atoms with van der Waals surface area (Å²) < 4.78 is 17.0. The van der Waals surface area contributed by atoms with Crippen LogP contribution in [-0.2, 0) is 18.0 Å². The second-order valence-electron chi connectivity index (χ2n) is 5.89. The van der Waals surface area contributed by atoms with Gasteiger partial charge in [-0.15, -0.1) is 11.3 Å². The molecular weight excluding hydrogens is 458 g/mol. The topological polar surface area (TPSA) is 87.3 Å². The molecule has 4 rings (SSSR count). The zero-order valence-corrected chi connectivity index (χ0v) is 17.4. The van der Waals surface area contributed by atoms with E-state index in [0.29, 0.717) is 23.7 Å². The van der Waals surface area contributed by atoms with Crippen molar-refractivity contribution in [3.05, 3.63) is 81.0 Å². The fourth-order valence-corrected chi connectivity index (χ4v) is 3.39. The lowest BCUT2D eigenvalue weighted by Gasteiger charge is -2.06. The van der Waals surface area contributed by atoms with Crippen LogP contribution in [0.4, 0.5) is 0 Å². The summed E-state index contributed by atoms with van der Waals surface area (Å²) in [5.41, 5.74) is 3.74. The minimum Gasteiger partial charge on any atom is -0.487 e. The molecule has 2 aromatic heterocycles. The highest BCUT2D eigenvalue weighted by Crippen LogP contribution is 2.21. The van der Waals surface area contributed by atoms with Crippen molar-refractivity contribution in [3.63, 3.8) is 0 Å². The Bertz CT molecular complexity index is 1110. The molecule has 0 spiro atoms. The van der Waals surface area contributed by atoms with E-state index in [2.05, 4.69) is 31.1 Å². The largest absolute Gasteiger partial charge is 0.487 e. The minimum absolute atomic E-state index is 0.121. The number of carbonyl (C=O) groups excluding carboxylic acids is 1. The van der Waals surface area contributed by atoms with E-state index in [1.54, 1.807) is 29.8 Å². The number of hydrogen-bond acceptors (Lipinski definition) is 8. The van der Waals surface area contributed by atoms with Crippen LogP contribution in [0.25, 0.3) is 11.4 Å². The quantitative estimate of drug-likeness (QED) is 0.354. The van der Waals surface area contributed by atoms with Gasteiger partial charge in [0.2, 0.25) is 5.82 Å². The molecule has 2 aromatic carbocycles. The highest BCUT2D eigenvalue weighted by molar-refractivity contribution is 9.10. The first-order chi connectivity index (χ1) is 14.2. The van der Waals surface area contributed by atoms with E-state index in [-0.39, 0.29) is 12.5 Å². The highest BCUT2D eigenvalue weighted by atomic mass is 79.9. The average Bonchev–Trinajstić information content (AvgIpc) is 3.43. The molecular formula is C20H14BrN3O4S. The summed E-state index contributed by atoms with van der Waals surface area (Å²) in [6.45, 7) is 0.214. The zero-order valence-electron chi connectivity index (χ0n) is 14.9. The molecule has 2 heterocycles. The molecule has 9 heteroatoms. The summed E-state index contributed by atoms with van der Waals surface area (Å²) in [7, 11) is 0. The summed E-state index contributed by atoms with van der Waals surface area (Å²) in [5.74, 6) is 0.688. The van der Waals surface area contributed by atoms with E-state index in [1.165, 1.54) is 11.3 Å². The Morgan fingerprint density at radius 1 is 1.14 bits per heavy atom. The number of thiazole rings is 1. The summed E-state index contributed by atoms with van der Waals surface area (Å²) in [5, 5.41) is 5.83. The van der Waals surface area contributed by atoms with Crippen LogP contribution < -0.4 is 4.74 Å². The molecule has 7 nitrogen and oxygen atoms in total. The summed E-state index contributed by atoms with van der Waals surface area (Å²) in [6.07, 6.45) is 0. The molecule has 0 saturated carbocycles. The van der Waals surface area contributed by atoms with Gasteiger partial charge in [-0.2, -0.15) is 4.98 Å². The Balaban J connectivity index is 1.35. The fourth-order valence-electron chi connectivity index (χ4n) is 2.45. The van der Waals surface area contributed by atoms with Crippen LogP contribution in [0.15, 0.2) is 68.4 Å². The Labute approximate surface area is 178 Å². The number of nitrogens with zero attached hydrogens (tertiary/aromatic N) is 3. The van der Waals surface area contributed by atoms with Crippen LogP contribution in [0.3, 0.4) is 0 Å². The highest BCUT2D eigenvalue weighted by Gasteiger charge is 2.13. The second kappa shape index (κ2) is 8.97. The average molecular weight is 472 g/mol. The third kappa shape index (κ3) is 5.07. The number of benzene rings is 2. The Hall–Kier alpha value is -3.04. The van der Waals surface area contributed by atoms with Gasteiger partial charge in [-0.05, 0) is 30.3 Å². The number of aromatic nitrogens is 3. The van der Waals surface area contributed by atoms with Crippen LogP contribution >= 0.6 is 27.3 Å². The van der Waals surface area contributed by atoms with Crippen molar-refractivity contribution in [2.24, 2.45) is 0 Å². The maximum absolute atomic E-state index is 12.3. The summed E-state index contributed by atoms with van der Waals surface area (Å²) in [6, 6.07) is 14.3. The first-order valence-electron chi connectivity index (χ1n) is 8.53. The van der Waals surface area contributed by atoms with Crippen molar-refractivity contribution in [2.75, 3.05) is 0 Å². The lowest BCUT2D eigenvalue weighted by atomic mass is 10.2. The van der Waals surface area contributed by atoms with Gasteiger partial charge in [-0.1, -0.05) is 39.3 Å². The van der Waals surface area contributed by atoms with Gasteiger partial charge in [-0.3, -0.25) is 0 Å². The second-order valence-corrected chi connectivity index (χ2v) is 7.53. The number of carbonyl (C=O) groups is 1. The first-order valence-corrected chi connectivity index (χ1v) is 10.3. The van der Waals surface area contributed by atoms with Crippen LogP contribution in [0.1, 0.15) is 21.9 Å². The molecule has 0 aliphatic rings. The van der Waals surface area contributed by atoms with Crippen molar-refractivity contribution >= 4 is 33.2 Å². The Morgan fingerprint density at radius 3 is 2.86 bits per heavy atom. The smallest absolute Gasteiger partial charge is 0.338 e. The molecule has 29 heavy (non-hydrogen) atoms. The number of rotatable bonds is 7. The SMILES string of the molecule is O=C(OCc1nc(-c2cccc(Br)c2)no1)c1cccc(OCc2cscn2)c1. The number of halogens is 1. The molecule has 0 aliphatic carbocycles. The van der Waals surface area contributed by atoms with Gasteiger partial charge in [-0.25, -0.2) is 9.78 Å². The molecule has 146 valence electrons.